The Morgan fingerprint density at radius 3 is 2.81 bits per heavy atom. The average molecular weight is 296 g/mol. The molecule has 0 spiro atoms. The van der Waals surface area contributed by atoms with Crippen LogP contribution in [-0.4, -0.2) is 54.8 Å². The Kier molecular flexibility index (Phi) is 5.52. The van der Waals surface area contributed by atoms with Gasteiger partial charge in [-0.05, 0) is 24.6 Å². The van der Waals surface area contributed by atoms with Crippen molar-refractivity contribution in [2.45, 2.75) is 19.4 Å². The minimum Gasteiger partial charge on any atom is -0.505 e. The fraction of sp³-hybridized carbons (Fsp3) is 0.533. The Hall–Kier alpha value is -1.66. The van der Waals surface area contributed by atoms with Crippen molar-refractivity contribution < 1.29 is 19.0 Å². The second-order valence-corrected chi connectivity index (χ2v) is 5.09. The summed E-state index contributed by atoms with van der Waals surface area (Å²) in [5.41, 5.74) is 0.255. The lowest BCUT2D eigenvalue weighted by molar-refractivity contribution is 0.0159. The summed E-state index contributed by atoms with van der Waals surface area (Å²) in [6, 6.07) is 3.84. The number of halogens is 1. The predicted octanol–water partition coefficient (Wildman–Crippen LogP) is 1.37. The van der Waals surface area contributed by atoms with Crippen molar-refractivity contribution in [2.24, 2.45) is 0 Å². The molecule has 0 unspecified atom stereocenters. The highest BCUT2D eigenvalue weighted by molar-refractivity contribution is 5.94. The lowest BCUT2D eigenvalue weighted by atomic mass is 10.1. The first kappa shape index (κ1) is 15.7. The first-order valence-electron chi connectivity index (χ1n) is 7.20. The Morgan fingerprint density at radius 1 is 1.48 bits per heavy atom. The lowest BCUT2D eigenvalue weighted by Gasteiger charge is -2.34. The largest absolute Gasteiger partial charge is 0.505 e. The molecule has 1 aliphatic heterocycles. The van der Waals surface area contributed by atoms with E-state index in [4.69, 9.17) is 4.74 Å². The first-order valence-corrected chi connectivity index (χ1v) is 7.20. The van der Waals surface area contributed by atoms with Gasteiger partial charge in [0.15, 0.2) is 11.6 Å². The fourth-order valence-corrected chi connectivity index (χ4v) is 2.44. The van der Waals surface area contributed by atoms with Crippen molar-refractivity contribution in [3.05, 3.63) is 29.6 Å². The summed E-state index contributed by atoms with van der Waals surface area (Å²) in [5.74, 6) is -1.55. The number of hydrogen-bond donors (Lipinski definition) is 2. The number of phenolic OH excluding ortho intramolecular Hbond substituents is 1. The molecule has 1 amide bonds. The van der Waals surface area contributed by atoms with Gasteiger partial charge in [-0.1, -0.05) is 6.92 Å². The van der Waals surface area contributed by atoms with E-state index in [-0.39, 0.29) is 17.5 Å². The summed E-state index contributed by atoms with van der Waals surface area (Å²) < 4.78 is 18.3. The van der Waals surface area contributed by atoms with Crippen molar-refractivity contribution in [2.75, 3.05) is 32.8 Å². The van der Waals surface area contributed by atoms with Crippen LogP contribution in [0.5, 0.6) is 5.75 Å². The molecule has 0 aliphatic carbocycles. The number of phenols is 1. The molecule has 1 aromatic carbocycles. The topological polar surface area (TPSA) is 61.8 Å². The highest BCUT2D eigenvalue weighted by Crippen LogP contribution is 2.16. The van der Waals surface area contributed by atoms with E-state index in [0.29, 0.717) is 6.54 Å². The predicted molar refractivity (Wildman–Crippen MR) is 76.9 cm³/mol. The van der Waals surface area contributed by atoms with Gasteiger partial charge < -0.3 is 15.2 Å². The van der Waals surface area contributed by atoms with Crippen LogP contribution in [0.1, 0.15) is 23.7 Å². The van der Waals surface area contributed by atoms with Crippen LogP contribution < -0.4 is 5.32 Å². The van der Waals surface area contributed by atoms with Gasteiger partial charge in [-0.25, -0.2) is 4.39 Å². The third-order valence-corrected chi connectivity index (χ3v) is 3.74. The molecule has 2 N–H and O–H groups in total. The van der Waals surface area contributed by atoms with Crippen molar-refractivity contribution in [3.8, 4) is 5.75 Å². The molecule has 1 saturated heterocycles. The monoisotopic (exact) mass is 296 g/mol. The Morgan fingerprint density at radius 2 is 2.19 bits per heavy atom. The first-order chi connectivity index (χ1) is 10.1. The standard InChI is InChI=1S/C15H21FN2O3/c1-2-12(18-5-7-21-8-6-18)10-17-15(20)11-3-4-13(16)14(19)9-11/h3-4,9,12,19H,2,5-8,10H2,1H3,(H,17,20)/t12-/m0/s1. The number of morpholine rings is 1. The van der Waals surface area contributed by atoms with Crippen LogP contribution in [-0.2, 0) is 4.74 Å². The van der Waals surface area contributed by atoms with Crippen LogP contribution in [0.3, 0.4) is 0 Å². The van der Waals surface area contributed by atoms with E-state index in [1.807, 2.05) is 0 Å². The minimum atomic E-state index is -0.730. The Balaban J connectivity index is 1.90. The quantitative estimate of drug-likeness (QED) is 0.861. The molecule has 2 rings (SSSR count). The molecule has 0 saturated carbocycles. The molecule has 6 heteroatoms. The number of rotatable bonds is 5. The van der Waals surface area contributed by atoms with Gasteiger partial charge in [0.25, 0.3) is 5.91 Å². The van der Waals surface area contributed by atoms with Crippen LogP contribution in [0.4, 0.5) is 4.39 Å². The summed E-state index contributed by atoms with van der Waals surface area (Å²) in [6.45, 7) is 5.77. The summed E-state index contributed by atoms with van der Waals surface area (Å²) in [7, 11) is 0. The van der Waals surface area contributed by atoms with Gasteiger partial charge in [-0.15, -0.1) is 0 Å². The summed E-state index contributed by atoms with van der Waals surface area (Å²) >= 11 is 0. The highest BCUT2D eigenvalue weighted by atomic mass is 19.1. The van der Waals surface area contributed by atoms with Crippen LogP contribution in [0.2, 0.25) is 0 Å². The molecule has 0 bridgehead atoms. The maximum atomic E-state index is 13.0. The normalized spacial score (nSPS) is 17.4. The van der Waals surface area contributed by atoms with Crippen LogP contribution in [0.15, 0.2) is 18.2 Å². The molecule has 1 aromatic rings. The zero-order valence-corrected chi connectivity index (χ0v) is 12.1. The van der Waals surface area contributed by atoms with Crippen LogP contribution in [0.25, 0.3) is 0 Å². The molecule has 0 aromatic heterocycles. The molecule has 1 aliphatic rings. The molecule has 5 nitrogen and oxygen atoms in total. The number of nitrogens with zero attached hydrogens (tertiary/aromatic N) is 1. The van der Waals surface area contributed by atoms with Gasteiger partial charge in [0.2, 0.25) is 0 Å². The second-order valence-electron chi connectivity index (χ2n) is 5.09. The minimum absolute atomic E-state index is 0.255. The van der Waals surface area contributed by atoms with Crippen LogP contribution in [0, 0.1) is 5.82 Å². The fourth-order valence-electron chi connectivity index (χ4n) is 2.44. The van der Waals surface area contributed by atoms with E-state index in [0.717, 1.165) is 44.9 Å². The van der Waals surface area contributed by atoms with E-state index in [2.05, 4.69) is 17.1 Å². The average Bonchev–Trinajstić information content (AvgIpc) is 2.51. The number of nitrogens with one attached hydrogen (secondary N) is 1. The van der Waals surface area contributed by atoms with E-state index in [1.165, 1.54) is 6.07 Å². The van der Waals surface area contributed by atoms with Gasteiger partial charge in [-0.3, -0.25) is 9.69 Å². The smallest absolute Gasteiger partial charge is 0.251 e. The van der Waals surface area contributed by atoms with Crippen molar-refractivity contribution >= 4 is 5.91 Å². The van der Waals surface area contributed by atoms with E-state index in [9.17, 15) is 14.3 Å². The van der Waals surface area contributed by atoms with Crippen molar-refractivity contribution in [1.29, 1.82) is 0 Å². The molecular formula is C15H21FN2O3. The molecule has 1 fully saturated rings. The lowest BCUT2D eigenvalue weighted by Crippen LogP contribution is -2.48. The Labute approximate surface area is 123 Å². The molecule has 21 heavy (non-hydrogen) atoms. The highest BCUT2D eigenvalue weighted by Gasteiger charge is 2.20. The summed E-state index contributed by atoms with van der Waals surface area (Å²) in [5, 5.41) is 12.1. The van der Waals surface area contributed by atoms with E-state index < -0.39 is 11.6 Å². The zero-order valence-electron chi connectivity index (χ0n) is 12.1. The molecule has 1 heterocycles. The number of ether oxygens (including phenoxy) is 1. The van der Waals surface area contributed by atoms with Gasteiger partial charge in [0, 0.05) is 31.2 Å². The molecule has 116 valence electrons. The summed E-state index contributed by atoms with van der Waals surface area (Å²) in [4.78, 5) is 14.3. The van der Waals surface area contributed by atoms with E-state index in [1.54, 1.807) is 0 Å². The van der Waals surface area contributed by atoms with Crippen molar-refractivity contribution in [1.82, 2.24) is 10.2 Å². The van der Waals surface area contributed by atoms with Crippen LogP contribution >= 0.6 is 0 Å². The molecule has 0 radical (unpaired) electrons. The maximum absolute atomic E-state index is 13.0. The zero-order chi connectivity index (χ0) is 15.2. The summed E-state index contributed by atoms with van der Waals surface area (Å²) in [6.07, 6.45) is 0.926. The molecule has 1 atom stereocenters. The number of amides is 1. The number of carbonyl (C=O) groups is 1. The number of hydrogen-bond acceptors (Lipinski definition) is 4. The van der Waals surface area contributed by atoms with E-state index >= 15 is 0 Å². The maximum Gasteiger partial charge on any atom is 0.251 e. The van der Waals surface area contributed by atoms with Gasteiger partial charge in [0.1, 0.15) is 0 Å². The Bertz CT molecular complexity index is 490. The van der Waals surface area contributed by atoms with Gasteiger partial charge in [0.05, 0.1) is 13.2 Å². The number of benzene rings is 1. The molecular weight excluding hydrogens is 275 g/mol. The second kappa shape index (κ2) is 7.38. The third-order valence-electron chi connectivity index (χ3n) is 3.74. The van der Waals surface area contributed by atoms with Crippen molar-refractivity contribution in [3.63, 3.8) is 0 Å². The number of carbonyl (C=O) groups excluding carboxylic acids is 1. The van der Waals surface area contributed by atoms with Gasteiger partial charge in [-0.2, -0.15) is 0 Å². The SMILES string of the molecule is CC[C@@H](CNC(=O)c1ccc(F)c(O)c1)N1CCOCC1. The third kappa shape index (κ3) is 4.15. The van der Waals surface area contributed by atoms with Gasteiger partial charge >= 0.3 is 0 Å². The number of aromatic hydroxyl groups is 1.